The molecule has 0 amide bonds. The lowest BCUT2D eigenvalue weighted by Crippen LogP contribution is -2.39. The predicted octanol–water partition coefficient (Wildman–Crippen LogP) is 3.89. The Bertz CT molecular complexity index is 351. The number of benzene rings is 1. The Hall–Kier alpha value is -0.380. The highest BCUT2D eigenvalue weighted by molar-refractivity contribution is 7.99. The van der Waals surface area contributed by atoms with Crippen molar-refractivity contribution < 1.29 is 4.74 Å². The summed E-state index contributed by atoms with van der Waals surface area (Å²) in [6.07, 6.45) is 2.77. The highest BCUT2D eigenvalue weighted by Crippen LogP contribution is 2.21. The Morgan fingerprint density at radius 2 is 1.94 bits per heavy atom. The molecule has 1 heterocycles. The summed E-state index contributed by atoms with van der Waals surface area (Å²) in [6, 6.07) is 7.65. The minimum Gasteiger partial charge on any atom is -0.474 e. The van der Waals surface area contributed by atoms with E-state index in [4.69, 9.17) is 16.3 Å². The van der Waals surface area contributed by atoms with E-state index in [2.05, 4.69) is 11.8 Å². The normalized spacial score (nSPS) is 17.9. The molecule has 100 valence electrons. The maximum atomic E-state index is 6.10. The zero-order valence-corrected chi connectivity index (χ0v) is 12.3. The molecule has 18 heavy (non-hydrogen) atoms. The molecule has 4 heteroatoms. The van der Waals surface area contributed by atoms with Crippen molar-refractivity contribution >= 4 is 23.4 Å². The maximum Gasteiger partial charge on any atom is 0.161 e. The molecule has 1 aliphatic rings. The van der Waals surface area contributed by atoms with E-state index in [0.29, 0.717) is 0 Å². The van der Waals surface area contributed by atoms with Crippen LogP contribution in [0.2, 0.25) is 5.02 Å². The first-order valence-corrected chi connectivity index (χ1v) is 8.07. The highest BCUT2D eigenvalue weighted by atomic mass is 35.5. The van der Waals surface area contributed by atoms with Crippen molar-refractivity contribution in [3.8, 4) is 5.75 Å². The summed E-state index contributed by atoms with van der Waals surface area (Å²) >= 11 is 7.82. The van der Waals surface area contributed by atoms with Crippen molar-refractivity contribution in [1.29, 1.82) is 0 Å². The summed E-state index contributed by atoms with van der Waals surface area (Å²) in [4.78, 5) is 2.44. The summed E-state index contributed by atoms with van der Waals surface area (Å²) < 4.78 is 6.10. The molecule has 2 nitrogen and oxygen atoms in total. The van der Waals surface area contributed by atoms with Crippen LogP contribution < -0.4 is 4.74 Å². The number of hydrogen-bond donors (Lipinski definition) is 0. The molecule has 0 radical (unpaired) electrons. The third kappa shape index (κ3) is 4.08. The summed E-state index contributed by atoms with van der Waals surface area (Å²) in [7, 11) is 0. The number of thioether (sulfide) groups is 1. The number of likely N-dealkylation sites (tertiary alicyclic amines) is 1. The molecule has 1 aromatic rings. The van der Waals surface area contributed by atoms with E-state index in [9.17, 15) is 0 Å². The van der Waals surface area contributed by atoms with Gasteiger partial charge >= 0.3 is 0 Å². The van der Waals surface area contributed by atoms with Gasteiger partial charge in [-0.15, -0.1) is 0 Å². The SMILES string of the molecule is CCSCC(Oc1ccc(Cl)cc1)N1CCCC1. The van der Waals surface area contributed by atoms with Gasteiger partial charge in [0.2, 0.25) is 0 Å². The van der Waals surface area contributed by atoms with Crippen molar-refractivity contribution in [2.45, 2.75) is 26.0 Å². The van der Waals surface area contributed by atoms with Gasteiger partial charge in [0.15, 0.2) is 6.23 Å². The topological polar surface area (TPSA) is 12.5 Å². The molecule has 0 N–H and O–H groups in total. The monoisotopic (exact) mass is 285 g/mol. The summed E-state index contributed by atoms with van der Waals surface area (Å²) in [6.45, 7) is 4.50. The second-order valence-electron chi connectivity index (χ2n) is 4.43. The molecule has 0 aliphatic carbocycles. The average Bonchev–Trinajstić information content (AvgIpc) is 2.90. The van der Waals surface area contributed by atoms with Crippen LogP contribution in [-0.2, 0) is 0 Å². The summed E-state index contributed by atoms with van der Waals surface area (Å²) in [5, 5.41) is 0.753. The molecule has 0 saturated carbocycles. The maximum absolute atomic E-state index is 6.10. The Balaban J connectivity index is 1.97. The summed E-state index contributed by atoms with van der Waals surface area (Å²) in [5.74, 6) is 3.07. The van der Waals surface area contributed by atoms with Gasteiger partial charge in [0.05, 0.1) is 0 Å². The Morgan fingerprint density at radius 3 is 2.56 bits per heavy atom. The second kappa shape index (κ2) is 7.27. The van der Waals surface area contributed by atoms with Gasteiger partial charge in [-0.1, -0.05) is 18.5 Å². The molecule has 0 aromatic heterocycles. The van der Waals surface area contributed by atoms with Crippen LogP contribution in [0.15, 0.2) is 24.3 Å². The molecule has 1 aliphatic heterocycles. The van der Waals surface area contributed by atoms with Gasteiger partial charge in [-0.2, -0.15) is 11.8 Å². The zero-order valence-electron chi connectivity index (χ0n) is 10.8. The quantitative estimate of drug-likeness (QED) is 0.787. The Kier molecular flexibility index (Phi) is 5.67. The van der Waals surface area contributed by atoms with E-state index in [-0.39, 0.29) is 6.23 Å². The van der Waals surface area contributed by atoms with Gasteiger partial charge in [0.25, 0.3) is 0 Å². The minimum absolute atomic E-state index is 0.193. The fourth-order valence-corrected chi connectivity index (χ4v) is 2.97. The van der Waals surface area contributed by atoms with Crippen molar-refractivity contribution in [3.05, 3.63) is 29.3 Å². The van der Waals surface area contributed by atoms with Crippen molar-refractivity contribution in [1.82, 2.24) is 4.90 Å². The van der Waals surface area contributed by atoms with E-state index in [1.54, 1.807) is 0 Å². The standard InChI is InChI=1S/C14H20ClNOS/c1-2-18-11-14(16-9-3-4-10-16)17-13-7-5-12(15)6-8-13/h5-8,14H,2-4,9-11H2,1H3. The highest BCUT2D eigenvalue weighted by Gasteiger charge is 2.23. The van der Waals surface area contributed by atoms with Gasteiger partial charge in [-0.05, 0) is 42.9 Å². The molecule has 1 unspecified atom stereocenters. The molecular weight excluding hydrogens is 266 g/mol. The molecule has 1 saturated heterocycles. The van der Waals surface area contributed by atoms with Crippen LogP contribution >= 0.6 is 23.4 Å². The number of hydrogen-bond acceptors (Lipinski definition) is 3. The van der Waals surface area contributed by atoms with Crippen LogP contribution in [0.25, 0.3) is 0 Å². The van der Waals surface area contributed by atoms with Gasteiger partial charge in [0, 0.05) is 23.9 Å². The number of halogens is 1. The number of rotatable bonds is 6. The first-order chi connectivity index (χ1) is 8.79. The van der Waals surface area contributed by atoms with Gasteiger partial charge < -0.3 is 4.74 Å². The zero-order chi connectivity index (χ0) is 12.8. The molecule has 0 bridgehead atoms. The average molecular weight is 286 g/mol. The smallest absolute Gasteiger partial charge is 0.161 e. The predicted molar refractivity (Wildman–Crippen MR) is 79.7 cm³/mol. The van der Waals surface area contributed by atoms with Crippen LogP contribution in [0.5, 0.6) is 5.75 Å². The van der Waals surface area contributed by atoms with E-state index in [1.165, 1.54) is 12.8 Å². The lowest BCUT2D eigenvalue weighted by molar-refractivity contribution is 0.0632. The molecular formula is C14H20ClNOS. The molecule has 1 fully saturated rings. The van der Waals surface area contributed by atoms with Gasteiger partial charge in [-0.3, -0.25) is 4.90 Å². The van der Waals surface area contributed by atoms with Crippen molar-refractivity contribution in [2.75, 3.05) is 24.6 Å². The molecule has 1 atom stereocenters. The third-order valence-electron chi connectivity index (χ3n) is 3.10. The molecule has 2 rings (SSSR count). The number of ether oxygens (including phenoxy) is 1. The van der Waals surface area contributed by atoms with Crippen molar-refractivity contribution in [2.24, 2.45) is 0 Å². The molecule has 0 spiro atoms. The fourth-order valence-electron chi connectivity index (χ4n) is 2.13. The second-order valence-corrected chi connectivity index (χ2v) is 6.18. The minimum atomic E-state index is 0.193. The Labute approximate surface area is 119 Å². The number of nitrogens with zero attached hydrogens (tertiary/aromatic N) is 1. The van der Waals surface area contributed by atoms with Crippen LogP contribution in [0, 0.1) is 0 Å². The van der Waals surface area contributed by atoms with E-state index in [0.717, 1.165) is 35.4 Å². The lowest BCUT2D eigenvalue weighted by Gasteiger charge is -2.27. The van der Waals surface area contributed by atoms with E-state index < -0.39 is 0 Å². The van der Waals surface area contributed by atoms with Crippen LogP contribution in [0.4, 0.5) is 0 Å². The third-order valence-corrected chi connectivity index (χ3v) is 4.28. The van der Waals surface area contributed by atoms with Gasteiger partial charge in [0.1, 0.15) is 5.75 Å². The fraction of sp³-hybridized carbons (Fsp3) is 0.571. The van der Waals surface area contributed by atoms with Crippen LogP contribution in [0.3, 0.4) is 0 Å². The van der Waals surface area contributed by atoms with Crippen LogP contribution in [-0.4, -0.2) is 35.7 Å². The van der Waals surface area contributed by atoms with E-state index >= 15 is 0 Å². The lowest BCUT2D eigenvalue weighted by atomic mass is 10.3. The van der Waals surface area contributed by atoms with Crippen molar-refractivity contribution in [3.63, 3.8) is 0 Å². The van der Waals surface area contributed by atoms with Crippen LogP contribution in [0.1, 0.15) is 19.8 Å². The largest absolute Gasteiger partial charge is 0.474 e. The first-order valence-electron chi connectivity index (χ1n) is 6.53. The summed E-state index contributed by atoms with van der Waals surface area (Å²) in [5.41, 5.74) is 0. The molecule has 1 aromatic carbocycles. The Morgan fingerprint density at radius 1 is 1.28 bits per heavy atom. The first kappa shape index (κ1) is 14.0. The van der Waals surface area contributed by atoms with Gasteiger partial charge in [-0.25, -0.2) is 0 Å². The van der Waals surface area contributed by atoms with E-state index in [1.807, 2.05) is 36.0 Å².